The number of benzene rings is 2. The van der Waals surface area contributed by atoms with Crippen molar-refractivity contribution in [1.82, 2.24) is 20.6 Å². The first-order valence-corrected chi connectivity index (χ1v) is 13.0. The van der Waals surface area contributed by atoms with Crippen LogP contribution in [0.2, 0.25) is 0 Å². The number of rotatable bonds is 10. The first-order valence-electron chi connectivity index (χ1n) is 13.0. The maximum absolute atomic E-state index is 12.4. The minimum absolute atomic E-state index is 0.00158. The van der Waals surface area contributed by atoms with E-state index < -0.39 is 28.9 Å². The molecule has 0 bridgehead atoms. The van der Waals surface area contributed by atoms with Crippen LogP contribution in [-0.4, -0.2) is 54.4 Å². The highest BCUT2D eigenvalue weighted by Crippen LogP contribution is 2.34. The van der Waals surface area contributed by atoms with Gasteiger partial charge in [0.2, 0.25) is 0 Å². The van der Waals surface area contributed by atoms with Crippen LogP contribution in [0.4, 0.5) is 10.5 Å². The van der Waals surface area contributed by atoms with E-state index in [2.05, 4.69) is 21.2 Å². The molecule has 0 spiro atoms. The van der Waals surface area contributed by atoms with Crippen LogP contribution in [0, 0.1) is 24.0 Å². The number of hydrogen-bond donors (Lipinski definition) is 3. The summed E-state index contributed by atoms with van der Waals surface area (Å²) in [6, 6.07) is 11.6. The van der Waals surface area contributed by atoms with Crippen molar-refractivity contribution in [3.05, 3.63) is 92.4 Å². The molecule has 0 aliphatic carbocycles. The number of aryl methyl sites for hydroxylation is 1. The summed E-state index contributed by atoms with van der Waals surface area (Å²) in [5, 5.41) is 20.2. The van der Waals surface area contributed by atoms with Crippen LogP contribution in [0.5, 0.6) is 11.5 Å². The van der Waals surface area contributed by atoms with E-state index in [9.17, 15) is 24.5 Å². The van der Waals surface area contributed by atoms with Gasteiger partial charge in [0.15, 0.2) is 18.1 Å². The average Bonchev–Trinajstić information content (AvgIpc) is 3.27. The predicted octanol–water partition coefficient (Wildman–Crippen LogP) is 3.34. The molecule has 43 heavy (non-hydrogen) atoms. The summed E-state index contributed by atoms with van der Waals surface area (Å²) in [7, 11) is 2.68. The molecule has 224 valence electrons. The number of carbonyl (C=O) groups is 3. The van der Waals surface area contributed by atoms with Gasteiger partial charge in [-0.25, -0.2) is 15.0 Å². The Bertz CT molecular complexity index is 1640. The van der Waals surface area contributed by atoms with Crippen molar-refractivity contribution < 1.29 is 33.5 Å². The molecule has 2 aromatic carbocycles. The number of nitro groups is 1. The number of nitro benzene ring substituents is 1. The zero-order valence-corrected chi connectivity index (χ0v) is 24.1. The summed E-state index contributed by atoms with van der Waals surface area (Å²) >= 11 is 0. The number of allylic oxidation sites excluding steroid dienone is 1. The molecule has 3 amide bonds. The van der Waals surface area contributed by atoms with E-state index in [0.717, 1.165) is 22.6 Å². The maximum Gasteiger partial charge on any atom is 0.337 e. The molecule has 0 radical (unpaired) electrons. The number of aromatic nitrogens is 1. The number of non-ortho nitro benzene ring substituents is 1. The van der Waals surface area contributed by atoms with E-state index in [4.69, 9.17) is 14.2 Å². The Labute approximate surface area is 246 Å². The van der Waals surface area contributed by atoms with Crippen molar-refractivity contribution in [3.63, 3.8) is 0 Å². The Morgan fingerprint density at radius 2 is 1.81 bits per heavy atom. The summed E-state index contributed by atoms with van der Waals surface area (Å²) in [5.74, 6) is -0.580. The van der Waals surface area contributed by atoms with Crippen LogP contribution in [0.1, 0.15) is 35.5 Å². The molecule has 1 aliphatic rings. The van der Waals surface area contributed by atoms with Crippen LogP contribution >= 0.6 is 0 Å². The van der Waals surface area contributed by atoms with Gasteiger partial charge in [0.05, 0.1) is 37.0 Å². The van der Waals surface area contributed by atoms with Gasteiger partial charge in [0, 0.05) is 40.5 Å². The molecule has 14 heteroatoms. The normalized spacial score (nSPS) is 14.6. The van der Waals surface area contributed by atoms with E-state index >= 15 is 0 Å². The molecule has 0 saturated heterocycles. The molecule has 1 aromatic heterocycles. The van der Waals surface area contributed by atoms with Gasteiger partial charge in [-0.1, -0.05) is 6.07 Å². The molecule has 0 fully saturated rings. The third kappa shape index (κ3) is 6.64. The van der Waals surface area contributed by atoms with Crippen LogP contribution in [0.15, 0.2) is 64.9 Å². The fraction of sp³-hybridized carbons (Fsp3) is 0.241. The highest BCUT2D eigenvalue weighted by molar-refractivity contribution is 5.95. The van der Waals surface area contributed by atoms with Crippen molar-refractivity contribution in [2.24, 2.45) is 5.10 Å². The molecule has 14 nitrogen and oxygen atoms in total. The van der Waals surface area contributed by atoms with Crippen molar-refractivity contribution in [2.75, 3.05) is 20.8 Å². The number of ether oxygens (including phenoxy) is 3. The van der Waals surface area contributed by atoms with Crippen LogP contribution < -0.4 is 25.5 Å². The third-order valence-corrected chi connectivity index (χ3v) is 6.74. The predicted molar refractivity (Wildman–Crippen MR) is 155 cm³/mol. The Hall–Kier alpha value is -5.66. The molecular formula is C29H30N6O8. The van der Waals surface area contributed by atoms with E-state index in [-0.39, 0.29) is 29.4 Å². The second-order valence-corrected chi connectivity index (χ2v) is 9.49. The first kappa shape index (κ1) is 30.3. The minimum Gasteiger partial charge on any atom is -0.493 e. The Balaban J connectivity index is 1.41. The molecule has 2 heterocycles. The quantitative estimate of drug-likeness (QED) is 0.139. The monoisotopic (exact) mass is 590 g/mol. The molecule has 4 rings (SSSR count). The number of hydrazone groups is 1. The van der Waals surface area contributed by atoms with Crippen molar-refractivity contribution in [2.45, 2.75) is 26.8 Å². The topological polar surface area (TPSA) is 175 Å². The average molecular weight is 591 g/mol. The molecule has 0 saturated carbocycles. The molecule has 0 unspecified atom stereocenters. The summed E-state index contributed by atoms with van der Waals surface area (Å²) in [6.07, 6.45) is 1.50. The lowest BCUT2D eigenvalue weighted by atomic mass is 9.95. The number of nitrogens with zero attached hydrogens (tertiary/aromatic N) is 3. The van der Waals surface area contributed by atoms with Gasteiger partial charge in [-0.15, -0.1) is 0 Å². The smallest absolute Gasteiger partial charge is 0.337 e. The minimum atomic E-state index is -0.788. The highest BCUT2D eigenvalue weighted by Gasteiger charge is 2.32. The highest BCUT2D eigenvalue weighted by atomic mass is 16.6. The van der Waals surface area contributed by atoms with Gasteiger partial charge < -0.3 is 29.4 Å². The maximum atomic E-state index is 12.4. The Morgan fingerprint density at radius 3 is 2.47 bits per heavy atom. The lowest BCUT2D eigenvalue weighted by Gasteiger charge is -2.28. The molecule has 1 aliphatic heterocycles. The summed E-state index contributed by atoms with van der Waals surface area (Å²) in [4.78, 5) is 47.4. The number of carbonyl (C=O) groups excluding carboxylic acids is 3. The van der Waals surface area contributed by atoms with Gasteiger partial charge >= 0.3 is 12.0 Å². The van der Waals surface area contributed by atoms with Crippen molar-refractivity contribution in [1.29, 1.82) is 0 Å². The van der Waals surface area contributed by atoms with Crippen LogP contribution in [0.25, 0.3) is 5.69 Å². The van der Waals surface area contributed by atoms with Crippen molar-refractivity contribution in [3.8, 4) is 17.2 Å². The van der Waals surface area contributed by atoms with Crippen molar-refractivity contribution >= 4 is 29.8 Å². The number of methoxy groups -OCH3 is 2. The van der Waals surface area contributed by atoms with E-state index in [1.54, 1.807) is 37.3 Å². The summed E-state index contributed by atoms with van der Waals surface area (Å²) < 4.78 is 17.9. The zero-order valence-electron chi connectivity index (χ0n) is 24.1. The zero-order chi connectivity index (χ0) is 31.3. The molecule has 1 atom stereocenters. The summed E-state index contributed by atoms with van der Waals surface area (Å²) in [5.41, 5.74) is 6.78. The Kier molecular flexibility index (Phi) is 9.08. The Morgan fingerprint density at radius 1 is 1.09 bits per heavy atom. The number of urea groups is 1. The van der Waals surface area contributed by atoms with Gasteiger partial charge in [-0.2, -0.15) is 5.10 Å². The number of amides is 3. The van der Waals surface area contributed by atoms with E-state index in [0.29, 0.717) is 11.3 Å². The van der Waals surface area contributed by atoms with E-state index in [1.165, 1.54) is 32.6 Å². The second-order valence-electron chi connectivity index (χ2n) is 9.49. The largest absolute Gasteiger partial charge is 0.493 e. The van der Waals surface area contributed by atoms with Gasteiger partial charge in [0.25, 0.3) is 11.6 Å². The van der Waals surface area contributed by atoms with Crippen LogP contribution in [0.3, 0.4) is 0 Å². The fourth-order valence-electron chi connectivity index (χ4n) is 4.70. The fourth-order valence-corrected chi connectivity index (χ4v) is 4.70. The van der Waals surface area contributed by atoms with Crippen LogP contribution in [-0.2, 0) is 14.3 Å². The molecule has 3 aromatic rings. The summed E-state index contributed by atoms with van der Waals surface area (Å²) in [6.45, 7) is 5.00. The molecular weight excluding hydrogens is 560 g/mol. The molecule has 3 N–H and O–H groups in total. The SMILES string of the molecule is COC(=O)C1=C(C)NC(=O)N[C@H]1c1ccc(OCC(=O)N/N=C\c2cc(C)n(-c3ccc([N+](=O)[O-])cc3)c2C)c(OC)c1. The number of hydrogen-bond acceptors (Lipinski definition) is 9. The van der Waals surface area contributed by atoms with Gasteiger partial charge in [-0.3, -0.25) is 14.9 Å². The standard InChI is InChI=1S/C29H30N6O8/c1-16-12-20(18(3)34(16)21-7-9-22(10-8-21)35(39)40)14-30-33-25(36)15-43-23-11-6-19(13-24(23)41-4)27-26(28(37)42-5)17(2)31-29(38)32-27/h6-14,27H,15H2,1-5H3,(H,33,36)(H2,31,32,38)/b30-14-/t27-/m0/s1. The second kappa shape index (κ2) is 12.9. The number of nitrogens with one attached hydrogen (secondary N) is 3. The first-order chi connectivity index (χ1) is 20.5. The lowest BCUT2D eigenvalue weighted by molar-refractivity contribution is -0.384. The lowest BCUT2D eigenvalue weighted by Crippen LogP contribution is -2.45. The third-order valence-electron chi connectivity index (χ3n) is 6.74. The van der Waals surface area contributed by atoms with E-state index in [1.807, 2.05) is 24.5 Å². The van der Waals surface area contributed by atoms with Gasteiger partial charge in [-0.05, 0) is 56.7 Å². The number of esters is 1. The van der Waals surface area contributed by atoms with Gasteiger partial charge in [0.1, 0.15) is 0 Å².